The molecule has 0 bridgehead atoms. The molecule has 62 valence electrons. The average Bonchev–Trinajstić information content (AvgIpc) is 1.88. The van der Waals surface area contributed by atoms with Crippen LogP contribution in [0.15, 0.2) is 12.4 Å². The molecule has 11 heavy (non-hydrogen) atoms. The van der Waals surface area contributed by atoms with Gasteiger partial charge >= 0.3 is 0 Å². The van der Waals surface area contributed by atoms with Crippen LogP contribution in [0.4, 0.5) is 5.82 Å². The summed E-state index contributed by atoms with van der Waals surface area (Å²) in [6.07, 6.45) is 1.38. The van der Waals surface area contributed by atoms with Crippen LogP contribution < -0.4 is 10.5 Å². The van der Waals surface area contributed by atoms with E-state index in [1.165, 1.54) is 6.33 Å². The molecule has 2 N–H and O–H groups in total. The first-order valence-corrected chi connectivity index (χ1v) is 3.03. The lowest BCUT2D eigenvalue weighted by Crippen LogP contribution is -1.97. The van der Waals surface area contributed by atoms with Gasteiger partial charge < -0.3 is 10.5 Å². The maximum Gasteiger partial charge on any atom is 0.218 e. The summed E-state index contributed by atoms with van der Waals surface area (Å²) in [4.78, 5) is 7.52. The van der Waals surface area contributed by atoms with Gasteiger partial charge in [0, 0.05) is 6.07 Å². The van der Waals surface area contributed by atoms with E-state index in [-0.39, 0.29) is 12.4 Å². The Kier molecular flexibility index (Phi) is 4.29. The lowest BCUT2D eigenvalue weighted by Gasteiger charge is -1.99. The number of hydrogen-bond acceptors (Lipinski definition) is 4. The van der Waals surface area contributed by atoms with Gasteiger partial charge in [0.15, 0.2) is 0 Å². The Bertz CT molecular complexity index is 219. The van der Waals surface area contributed by atoms with E-state index < -0.39 is 0 Å². The molecule has 0 amide bonds. The summed E-state index contributed by atoms with van der Waals surface area (Å²) in [6.45, 7) is 2.48. The predicted octanol–water partition coefficient (Wildman–Crippen LogP) is 0.879. The number of halogens is 1. The van der Waals surface area contributed by atoms with Crippen LogP contribution in [0.2, 0.25) is 0 Å². The maximum atomic E-state index is 5.36. The summed E-state index contributed by atoms with van der Waals surface area (Å²) in [5.74, 6) is 0.952. The zero-order valence-corrected chi connectivity index (χ0v) is 6.97. The molecule has 0 saturated heterocycles. The lowest BCUT2D eigenvalue weighted by atomic mass is 10.6. The van der Waals surface area contributed by atoms with Crippen molar-refractivity contribution in [2.24, 2.45) is 0 Å². The minimum atomic E-state index is 0. The SMILES string of the molecule is CCOc1cc(N)ncn1.Cl. The third-order valence-corrected chi connectivity index (χ3v) is 0.955. The van der Waals surface area contributed by atoms with Crippen molar-refractivity contribution in [2.45, 2.75) is 6.92 Å². The molecule has 1 heterocycles. The second kappa shape index (κ2) is 4.73. The molecule has 0 unspecified atom stereocenters. The molecule has 0 aromatic carbocycles. The van der Waals surface area contributed by atoms with Crippen molar-refractivity contribution in [1.29, 1.82) is 0 Å². The topological polar surface area (TPSA) is 61.0 Å². The molecule has 0 saturated carbocycles. The van der Waals surface area contributed by atoms with Crippen LogP contribution in [0.1, 0.15) is 6.92 Å². The van der Waals surface area contributed by atoms with Gasteiger partial charge in [0.1, 0.15) is 12.1 Å². The van der Waals surface area contributed by atoms with Crippen molar-refractivity contribution >= 4 is 18.2 Å². The van der Waals surface area contributed by atoms with E-state index in [1.54, 1.807) is 6.07 Å². The molecule has 4 nitrogen and oxygen atoms in total. The first-order chi connectivity index (χ1) is 4.83. The molecule has 0 radical (unpaired) electrons. The number of aromatic nitrogens is 2. The Morgan fingerprint density at radius 2 is 2.27 bits per heavy atom. The third-order valence-electron chi connectivity index (χ3n) is 0.955. The highest BCUT2D eigenvalue weighted by Crippen LogP contribution is 2.06. The van der Waals surface area contributed by atoms with Crippen molar-refractivity contribution in [3.63, 3.8) is 0 Å². The Morgan fingerprint density at radius 1 is 1.55 bits per heavy atom. The zero-order valence-electron chi connectivity index (χ0n) is 6.15. The van der Waals surface area contributed by atoms with Gasteiger partial charge in [-0.05, 0) is 6.92 Å². The molecular formula is C6H10ClN3O. The number of rotatable bonds is 2. The number of nitrogens with zero attached hydrogens (tertiary/aromatic N) is 2. The summed E-state index contributed by atoms with van der Waals surface area (Å²) in [7, 11) is 0. The van der Waals surface area contributed by atoms with E-state index in [2.05, 4.69) is 9.97 Å². The van der Waals surface area contributed by atoms with Gasteiger partial charge in [-0.15, -0.1) is 12.4 Å². The van der Waals surface area contributed by atoms with E-state index in [9.17, 15) is 0 Å². The molecule has 5 heteroatoms. The van der Waals surface area contributed by atoms with Gasteiger partial charge in [-0.25, -0.2) is 9.97 Å². The van der Waals surface area contributed by atoms with Crippen molar-refractivity contribution in [2.75, 3.05) is 12.3 Å². The third kappa shape index (κ3) is 3.04. The van der Waals surface area contributed by atoms with Gasteiger partial charge in [0.2, 0.25) is 5.88 Å². The fourth-order valence-corrected chi connectivity index (χ4v) is 0.580. The number of nitrogens with two attached hydrogens (primary N) is 1. The second-order valence-electron chi connectivity index (χ2n) is 1.71. The van der Waals surface area contributed by atoms with E-state index in [0.717, 1.165) is 0 Å². The summed E-state index contributed by atoms with van der Waals surface area (Å²) < 4.78 is 5.06. The van der Waals surface area contributed by atoms with Crippen LogP contribution in [0, 0.1) is 0 Å². The largest absolute Gasteiger partial charge is 0.478 e. The van der Waals surface area contributed by atoms with E-state index in [4.69, 9.17) is 10.5 Å². The quantitative estimate of drug-likeness (QED) is 0.725. The van der Waals surface area contributed by atoms with Crippen molar-refractivity contribution in [3.8, 4) is 5.88 Å². The van der Waals surface area contributed by atoms with Crippen LogP contribution in [-0.2, 0) is 0 Å². The maximum absolute atomic E-state index is 5.36. The number of hydrogen-bond donors (Lipinski definition) is 1. The molecule has 1 aromatic rings. The fourth-order valence-electron chi connectivity index (χ4n) is 0.580. The fraction of sp³-hybridized carbons (Fsp3) is 0.333. The van der Waals surface area contributed by atoms with Crippen molar-refractivity contribution in [1.82, 2.24) is 9.97 Å². The summed E-state index contributed by atoms with van der Waals surface area (Å²) >= 11 is 0. The first-order valence-electron chi connectivity index (χ1n) is 3.03. The van der Waals surface area contributed by atoms with E-state index in [0.29, 0.717) is 18.3 Å². The van der Waals surface area contributed by atoms with E-state index >= 15 is 0 Å². The minimum Gasteiger partial charge on any atom is -0.478 e. The minimum absolute atomic E-state index is 0. The van der Waals surface area contributed by atoms with Crippen LogP contribution in [0.5, 0.6) is 5.88 Å². The highest BCUT2D eigenvalue weighted by Gasteiger charge is 1.92. The molecule has 1 aromatic heterocycles. The molecule has 0 aliphatic carbocycles. The Labute approximate surface area is 71.2 Å². The van der Waals surface area contributed by atoms with Gasteiger partial charge in [-0.1, -0.05) is 0 Å². The first kappa shape index (κ1) is 9.97. The van der Waals surface area contributed by atoms with Gasteiger partial charge in [0.25, 0.3) is 0 Å². The normalized spacial score (nSPS) is 8.45. The molecule has 0 atom stereocenters. The molecule has 0 aliphatic heterocycles. The molecule has 0 aliphatic rings. The predicted molar refractivity (Wildman–Crippen MR) is 44.9 cm³/mol. The highest BCUT2D eigenvalue weighted by molar-refractivity contribution is 5.85. The Morgan fingerprint density at radius 3 is 2.82 bits per heavy atom. The standard InChI is InChI=1S/C6H9N3O.ClH/c1-2-10-6-3-5(7)8-4-9-6;/h3-4H,2H2,1H3,(H2,7,8,9);1H. The lowest BCUT2D eigenvalue weighted by molar-refractivity contribution is 0.326. The monoisotopic (exact) mass is 175 g/mol. The average molecular weight is 176 g/mol. The van der Waals surface area contributed by atoms with Crippen LogP contribution in [0.3, 0.4) is 0 Å². The Balaban J connectivity index is 0.000001000. The molecule has 0 spiro atoms. The smallest absolute Gasteiger partial charge is 0.218 e. The highest BCUT2D eigenvalue weighted by atomic mass is 35.5. The summed E-state index contributed by atoms with van der Waals surface area (Å²) in [5, 5.41) is 0. The second-order valence-corrected chi connectivity index (χ2v) is 1.71. The van der Waals surface area contributed by atoms with Gasteiger partial charge in [0.05, 0.1) is 6.61 Å². The number of nitrogen functional groups attached to an aromatic ring is 1. The Hall–Kier alpha value is -1.03. The van der Waals surface area contributed by atoms with Crippen LogP contribution in [0.25, 0.3) is 0 Å². The summed E-state index contributed by atoms with van der Waals surface area (Å²) in [5.41, 5.74) is 5.36. The molecular weight excluding hydrogens is 166 g/mol. The van der Waals surface area contributed by atoms with E-state index in [1.807, 2.05) is 6.92 Å². The van der Waals surface area contributed by atoms with Crippen molar-refractivity contribution < 1.29 is 4.74 Å². The van der Waals surface area contributed by atoms with Crippen molar-refractivity contribution in [3.05, 3.63) is 12.4 Å². The van der Waals surface area contributed by atoms with Crippen LogP contribution in [-0.4, -0.2) is 16.6 Å². The molecule has 1 rings (SSSR count). The zero-order chi connectivity index (χ0) is 7.40. The number of anilines is 1. The summed E-state index contributed by atoms with van der Waals surface area (Å²) in [6, 6.07) is 1.59. The number of ether oxygens (including phenoxy) is 1. The van der Waals surface area contributed by atoms with Crippen LogP contribution >= 0.6 is 12.4 Å². The van der Waals surface area contributed by atoms with Gasteiger partial charge in [-0.3, -0.25) is 0 Å². The van der Waals surface area contributed by atoms with Gasteiger partial charge in [-0.2, -0.15) is 0 Å². The molecule has 0 fully saturated rings.